The zero-order chi connectivity index (χ0) is 18.7. The molecule has 2 aromatic heterocycles. The molecule has 1 unspecified atom stereocenters. The highest BCUT2D eigenvalue weighted by Crippen LogP contribution is 2.24. The van der Waals surface area contributed by atoms with Gasteiger partial charge in [-0.05, 0) is 50.6 Å². The van der Waals surface area contributed by atoms with Crippen molar-refractivity contribution in [2.45, 2.75) is 32.9 Å². The summed E-state index contributed by atoms with van der Waals surface area (Å²) in [7, 11) is 0. The first-order valence-corrected chi connectivity index (χ1v) is 8.27. The molecule has 136 valence electrons. The Morgan fingerprint density at radius 1 is 1.23 bits per heavy atom. The number of aliphatic hydroxyl groups is 2. The molecule has 0 aliphatic heterocycles. The molecule has 1 aromatic carbocycles. The molecule has 26 heavy (non-hydrogen) atoms. The van der Waals surface area contributed by atoms with Crippen molar-refractivity contribution < 1.29 is 10.2 Å². The van der Waals surface area contributed by atoms with Crippen LogP contribution in [0.1, 0.15) is 18.2 Å². The molecule has 3 aromatic rings. The lowest BCUT2D eigenvalue weighted by molar-refractivity contribution is -0.0149. The normalized spacial score (nSPS) is 13.4. The molecule has 0 fully saturated rings. The molecule has 0 bridgehead atoms. The van der Waals surface area contributed by atoms with Crippen LogP contribution >= 0.6 is 0 Å². The Kier molecular flexibility index (Phi) is 4.97. The maximum absolute atomic E-state index is 9.97. The second-order valence-corrected chi connectivity index (χ2v) is 6.69. The lowest BCUT2D eigenvalue weighted by Gasteiger charge is -2.19. The molecule has 0 radical (unpaired) electrons. The summed E-state index contributed by atoms with van der Waals surface area (Å²) in [6.07, 6.45) is 3.45. The van der Waals surface area contributed by atoms with Crippen molar-refractivity contribution in [3.8, 4) is 11.3 Å². The molecule has 3 rings (SSSR count). The Hall–Kier alpha value is -2.84. The minimum atomic E-state index is -1.24. The summed E-state index contributed by atoms with van der Waals surface area (Å²) >= 11 is 0. The van der Waals surface area contributed by atoms with Gasteiger partial charge >= 0.3 is 0 Å². The van der Waals surface area contributed by atoms with E-state index in [0.717, 1.165) is 22.5 Å². The van der Waals surface area contributed by atoms with Gasteiger partial charge in [0.2, 0.25) is 5.95 Å². The van der Waals surface area contributed by atoms with Crippen LogP contribution in [0, 0.1) is 13.8 Å². The number of hydrogen-bond acceptors (Lipinski definition) is 7. The van der Waals surface area contributed by atoms with Gasteiger partial charge in [-0.1, -0.05) is 5.21 Å². The van der Waals surface area contributed by atoms with Crippen LogP contribution < -0.4 is 5.32 Å². The highest BCUT2D eigenvalue weighted by atomic mass is 16.3. The van der Waals surface area contributed by atoms with Crippen LogP contribution in [0.4, 0.5) is 11.6 Å². The van der Waals surface area contributed by atoms with Crippen molar-refractivity contribution in [2.75, 3.05) is 11.9 Å². The molecular weight excluding hydrogens is 332 g/mol. The summed E-state index contributed by atoms with van der Waals surface area (Å²) in [4.78, 5) is 8.56. The van der Waals surface area contributed by atoms with Crippen LogP contribution in [0.15, 0.2) is 36.7 Å². The molecule has 0 amide bonds. The van der Waals surface area contributed by atoms with Crippen LogP contribution in [-0.2, 0) is 6.54 Å². The van der Waals surface area contributed by atoms with E-state index in [1.807, 2.05) is 38.1 Å². The number of aromatic nitrogens is 5. The van der Waals surface area contributed by atoms with Gasteiger partial charge in [-0.3, -0.25) is 0 Å². The van der Waals surface area contributed by atoms with E-state index >= 15 is 0 Å². The van der Waals surface area contributed by atoms with Crippen molar-refractivity contribution in [1.29, 1.82) is 0 Å². The molecule has 8 nitrogen and oxygen atoms in total. The number of nitrogens with zero attached hydrogens (tertiary/aromatic N) is 5. The Morgan fingerprint density at radius 3 is 2.77 bits per heavy atom. The molecule has 0 spiro atoms. The zero-order valence-electron chi connectivity index (χ0n) is 15.0. The van der Waals surface area contributed by atoms with Gasteiger partial charge in [0.15, 0.2) is 0 Å². The standard InChI is InChI=1S/C18H22N6O2/c1-12-6-14(16-9-24(23-22-16)10-18(3,26)11-25)8-15(7-12)21-17-19-5-4-13(2)20-17/h4-9,25-26H,10-11H2,1-3H3,(H,19,20,21). The first-order chi connectivity index (χ1) is 12.3. The fraction of sp³-hybridized carbons (Fsp3) is 0.333. The second-order valence-electron chi connectivity index (χ2n) is 6.69. The predicted molar refractivity (Wildman–Crippen MR) is 98.0 cm³/mol. The summed E-state index contributed by atoms with van der Waals surface area (Å²) < 4.78 is 1.52. The van der Waals surface area contributed by atoms with Crippen molar-refractivity contribution in [1.82, 2.24) is 25.0 Å². The Balaban J connectivity index is 1.85. The van der Waals surface area contributed by atoms with Crippen LogP contribution in [0.3, 0.4) is 0 Å². The Labute approximate surface area is 151 Å². The number of benzene rings is 1. The van der Waals surface area contributed by atoms with Crippen molar-refractivity contribution in [3.63, 3.8) is 0 Å². The highest BCUT2D eigenvalue weighted by molar-refractivity contribution is 5.68. The van der Waals surface area contributed by atoms with Crippen LogP contribution in [0.25, 0.3) is 11.3 Å². The van der Waals surface area contributed by atoms with E-state index in [-0.39, 0.29) is 13.2 Å². The lowest BCUT2D eigenvalue weighted by atomic mass is 10.1. The Morgan fingerprint density at radius 2 is 2.04 bits per heavy atom. The zero-order valence-corrected chi connectivity index (χ0v) is 15.0. The van der Waals surface area contributed by atoms with Crippen LogP contribution in [-0.4, -0.2) is 47.4 Å². The number of rotatable bonds is 6. The molecule has 3 N–H and O–H groups in total. The number of aliphatic hydroxyl groups excluding tert-OH is 1. The predicted octanol–water partition coefficient (Wildman–Crippen LogP) is 1.84. The first kappa shape index (κ1) is 18.0. The second kappa shape index (κ2) is 7.19. The highest BCUT2D eigenvalue weighted by Gasteiger charge is 2.20. The van der Waals surface area contributed by atoms with Crippen molar-refractivity contribution in [2.24, 2.45) is 0 Å². The molecule has 0 saturated carbocycles. The number of anilines is 2. The molecule has 2 heterocycles. The number of hydrogen-bond donors (Lipinski definition) is 3. The van der Waals surface area contributed by atoms with Gasteiger partial charge < -0.3 is 15.5 Å². The van der Waals surface area contributed by atoms with Gasteiger partial charge in [0.25, 0.3) is 0 Å². The average Bonchev–Trinajstić information content (AvgIpc) is 3.02. The smallest absolute Gasteiger partial charge is 0.227 e. The van der Waals surface area contributed by atoms with Gasteiger partial charge in [0.05, 0.1) is 19.3 Å². The summed E-state index contributed by atoms with van der Waals surface area (Å²) in [6, 6.07) is 7.78. The van der Waals surface area contributed by atoms with E-state index in [2.05, 4.69) is 25.6 Å². The van der Waals surface area contributed by atoms with Crippen molar-refractivity contribution >= 4 is 11.6 Å². The molecule has 0 aliphatic carbocycles. The monoisotopic (exact) mass is 354 g/mol. The molecule has 8 heteroatoms. The van der Waals surface area contributed by atoms with Crippen LogP contribution in [0.2, 0.25) is 0 Å². The van der Waals surface area contributed by atoms with E-state index in [1.165, 1.54) is 4.68 Å². The van der Waals surface area contributed by atoms with E-state index in [0.29, 0.717) is 11.6 Å². The summed E-state index contributed by atoms with van der Waals surface area (Å²) in [5.74, 6) is 0.532. The third-order valence-electron chi connectivity index (χ3n) is 3.81. The average molecular weight is 354 g/mol. The fourth-order valence-corrected chi connectivity index (χ4v) is 2.55. The van der Waals surface area contributed by atoms with E-state index in [4.69, 9.17) is 0 Å². The third kappa shape index (κ3) is 4.41. The third-order valence-corrected chi connectivity index (χ3v) is 3.81. The van der Waals surface area contributed by atoms with Crippen LogP contribution in [0.5, 0.6) is 0 Å². The summed E-state index contributed by atoms with van der Waals surface area (Å²) in [5, 5.41) is 30.5. The quantitative estimate of drug-likeness (QED) is 0.619. The van der Waals surface area contributed by atoms with Gasteiger partial charge in [-0.25, -0.2) is 14.6 Å². The maximum Gasteiger partial charge on any atom is 0.227 e. The number of nitrogens with one attached hydrogen (secondary N) is 1. The fourth-order valence-electron chi connectivity index (χ4n) is 2.55. The topological polar surface area (TPSA) is 109 Å². The maximum atomic E-state index is 9.97. The SMILES string of the molecule is Cc1cc(Nc2nccc(C)n2)cc(-c2cn(CC(C)(O)CO)nn2)c1. The minimum Gasteiger partial charge on any atom is -0.393 e. The minimum absolute atomic E-state index is 0.157. The van der Waals surface area contributed by atoms with Gasteiger partial charge in [-0.15, -0.1) is 5.10 Å². The van der Waals surface area contributed by atoms with E-state index < -0.39 is 5.60 Å². The lowest BCUT2D eigenvalue weighted by Crippen LogP contribution is -2.34. The van der Waals surface area contributed by atoms with E-state index in [9.17, 15) is 10.2 Å². The number of aryl methyl sites for hydroxylation is 2. The largest absolute Gasteiger partial charge is 0.393 e. The molecule has 0 aliphatic rings. The van der Waals surface area contributed by atoms with Gasteiger partial charge in [0.1, 0.15) is 11.3 Å². The summed E-state index contributed by atoms with van der Waals surface area (Å²) in [6.45, 7) is 5.26. The molecule has 0 saturated heterocycles. The molecule has 1 atom stereocenters. The first-order valence-electron chi connectivity index (χ1n) is 8.27. The van der Waals surface area contributed by atoms with Gasteiger partial charge in [-0.2, -0.15) is 0 Å². The Bertz CT molecular complexity index is 906. The summed E-state index contributed by atoms with van der Waals surface area (Å²) in [5.41, 5.74) is 3.10. The van der Waals surface area contributed by atoms with E-state index in [1.54, 1.807) is 19.3 Å². The molecular formula is C18H22N6O2. The van der Waals surface area contributed by atoms with Gasteiger partial charge in [0, 0.05) is 23.1 Å². The van der Waals surface area contributed by atoms with Crippen molar-refractivity contribution in [3.05, 3.63) is 47.9 Å².